The molecule has 1 atom stereocenters. The van der Waals surface area contributed by atoms with E-state index in [9.17, 15) is 4.79 Å². The molecule has 0 spiro atoms. The SMILES string of the molecule is CC(C#N)CNC(=O)c1cc2c(s1)CCCCC2. The summed E-state index contributed by atoms with van der Waals surface area (Å²) in [6.07, 6.45) is 5.98. The topological polar surface area (TPSA) is 52.9 Å². The lowest BCUT2D eigenvalue weighted by Crippen LogP contribution is -2.27. The van der Waals surface area contributed by atoms with Gasteiger partial charge in [-0.2, -0.15) is 5.26 Å². The number of nitriles is 1. The predicted octanol–water partition coefficient (Wildman–Crippen LogP) is 2.91. The Bertz CT molecular complexity index is 449. The maximum absolute atomic E-state index is 12.0. The number of hydrogen-bond donors (Lipinski definition) is 1. The quantitative estimate of drug-likeness (QED) is 0.852. The molecule has 0 fully saturated rings. The third-order valence-corrected chi connectivity index (χ3v) is 4.50. The smallest absolute Gasteiger partial charge is 0.261 e. The van der Waals surface area contributed by atoms with Crippen LogP contribution in [0.5, 0.6) is 0 Å². The molecule has 4 heteroatoms. The van der Waals surface area contributed by atoms with Gasteiger partial charge in [-0.1, -0.05) is 6.42 Å². The number of amides is 1. The minimum Gasteiger partial charge on any atom is -0.350 e. The van der Waals surface area contributed by atoms with Crippen molar-refractivity contribution in [2.45, 2.75) is 39.0 Å². The lowest BCUT2D eigenvalue weighted by atomic mass is 10.1. The van der Waals surface area contributed by atoms with Gasteiger partial charge >= 0.3 is 0 Å². The highest BCUT2D eigenvalue weighted by atomic mass is 32.1. The molecule has 0 saturated carbocycles. The van der Waals surface area contributed by atoms with Gasteiger partial charge in [-0.05, 0) is 44.2 Å². The van der Waals surface area contributed by atoms with Crippen LogP contribution in [0.4, 0.5) is 0 Å². The number of hydrogen-bond acceptors (Lipinski definition) is 3. The molecule has 1 unspecified atom stereocenters. The first-order chi connectivity index (χ1) is 8.70. The summed E-state index contributed by atoms with van der Waals surface area (Å²) in [5, 5.41) is 11.5. The number of nitrogens with one attached hydrogen (secondary N) is 1. The zero-order valence-corrected chi connectivity index (χ0v) is 11.5. The van der Waals surface area contributed by atoms with Crippen LogP contribution in [0, 0.1) is 17.2 Å². The zero-order chi connectivity index (χ0) is 13.0. The van der Waals surface area contributed by atoms with Crippen molar-refractivity contribution in [1.82, 2.24) is 5.32 Å². The van der Waals surface area contributed by atoms with Crippen LogP contribution in [0.15, 0.2) is 6.07 Å². The van der Waals surface area contributed by atoms with Crippen molar-refractivity contribution in [1.29, 1.82) is 5.26 Å². The number of fused-ring (bicyclic) bond motifs is 1. The Balaban J connectivity index is 2.01. The summed E-state index contributed by atoms with van der Waals surface area (Å²) in [4.78, 5) is 14.1. The first-order valence-electron chi connectivity index (χ1n) is 6.50. The Labute approximate surface area is 112 Å². The van der Waals surface area contributed by atoms with E-state index in [0.717, 1.165) is 17.7 Å². The molecule has 1 aliphatic rings. The largest absolute Gasteiger partial charge is 0.350 e. The van der Waals surface area contributed by atoms with Crippen LogP contribution in [0.2, 0.25) is 0 Å². The molecule has 96 valence electrons. The number of carbonyl (C=O) groups excluding carboxylic acids is 1. The van der Waals surface area contributed by atoms with Crippen LogP contribution < -0.4 is 5.32 Å². The van der Waals surface area contributed by atoms with E-state index in [1.54, 1.807) is 11.3 Å². The van der Waals surface area contributed by atoms with Crippen molar-refractivity contribution in [2.75, 3.05) is 6.54 Å². The molecule has 1 aromatic heterocycles. The second-order valence-corrected chi connectivity index (χ2v) is 6.00. The van der Waals surface area contributed by atoms with Gasteiger partial charge < -0.3 is 5.32 Å². The Morgan fingerprint density at radius 2 is 2.28 bits per heavy atom. The highest BCUT2D eigenvalue weighted by Gasteiger charge is 2.16. The summed E-state index contributed by atoms with van der Waals surface area (Å²) >= 11 is 1.62. The third-order valence-electron chi connectivity index (χ3n) is 3.26. The fourth-order valence-electron chi connectivity index (χ4n) is 2.16. The molecular weight excluding hydrogens is 244 g/mol. The molecule has 1 heterocycles. The lowest BCUT2D eigenvalue weighted by Gasteiger charge is -2.04. The van der Waals surface area contributed by atoms with Gasteiger partial charge in [0.15, 0.2) is 0 Å². The fraction of sp³-hybridized carbons (Fsp3) is 0.571. The van der Waals surface area contributed by atoms with Crippen LogP contribution in [0.1, 0.15) is 46.3 Å². The molecule has 1 amide bonds. The average Bonchev–Trinajstić information content (AvgIpc) is 2.67. The van der Waals surface area contributed by atoms with Gasteiger partial charge in [-0.3, -0.25) is 4.79 Å². The van der Waals surface area contributed by atoms with Crippen LogP contribution in [0.3, 0.4) is 0 Å². The number of thiophene rings is 1. The maximum atomic E-state index is 12.0. The molecular formula is C14H18N2OS. The Hall–Kier alpha value is -1.34. The number of rotatable bonds is 3. The Kier molecular flexibility index (Phi) is 4.38. The van der Waals surface area contributed by atoms with Crippen molar-refractivity contribution in [3.05, 3.63) is 21.4 Å². The zero-order valence-electron chi connectivity index (χ0n) is 10.7. The van der Waals surface area contributed by atoms with Crippen molar-refractivity contribution >= 4 is 17.2 Å². The van der Waals surface area contributed by atoms with E-state index in [1.165, 1.54) is 29.7 Å². The monoisotopic (exact) mass is 262 g/mol. The van der Waals surface area contributed by atoms with Gasteiger partial charge in [-0.15, -0.1) is 11.3 Å². The molecule has 1 N–H and O–H groups in total. The molecule has 0 radical (unpaired) electrons. The highest BCUT2D eigenvalue weighted by Crippen LogP contribution is 2.28. The lowest BCUT2D eigenvalue weighted by molar-refractivity contribution is 0.0955. The minimum atomic E-state index is -0.133. The van der Waals surface area contributed by atoms with Gasteiger partial charge in [0.25, 0.3) is 5.91 Å². The predicted molar refractivity (Wildman–Crippen MR) is 72.7 cm³/mol. The van der Waals surface area contributed by atoms with E-state index in [0.29, 0.717) is 6.54 Å². The van der Waals surface area contributed by atoms with Gasteiger partial charge in [0, 0.05) is 11.4 Å². The number of aryl methyl sites for hydroxylation is 2. The Morgan fingerprint density at radius 3 is 3.06 bits per heavy atom. The van der Waals surface area contributed by atoms with Crippen LogP contribution >= 0.6 is 11.3 Å². The van der Waals surface area contributed by atoms with Gasteiger partial charge in [0.05, 0.1) is 16.9 Å². The molecule has 2 rings (SSSR count). The standard InChI is InChI=1S/C14H18N2OS/c1-10(8-15)9-16-14(17)13-7-11-5-3-2-4-6-12(11)18-13/h7,10H,2-6,9H2,1H3,(H,16,17). The Morgan fingerprint density at radius 1 is 1.50 bits per heavy atom. The van der Waals surface area contributed by atoms with E-state index in [-0.39, 0.29) is 11.8 Å². The van der Waals surface area contributed by atoms with Crippen molar-refractivity contribution in [2.24, 2.45) is 5.92 Å². The number of nitrogens with zero attached hydrogens (tertiary/aromatic N) is 1. The fourth-order valence-corrected chi connectivity index (χ4v) is 3.33. The number of carbonyl (C=O) groups is 1. The molecule has 0 aliphatic heterocycles. The molecule has 0 bridgehead atoms. The van der Waals surface area contributed by atoms with Crippen LogP contribution in [0.25, 0.3) is 0 Å². The average molecular weight is 262 g/mol. The summed E-state index contributed by atoms with van der Waals surface area (Å²) in [5.74, 6) is -0.165. The second kappa shape index (κ2) is 6.01. The first-order valence-corrected chi connectivity index (χ1v) is 7.31. The van der Waals surface area contributed by atoms with E-state index in [4.69, 9.17) is 5.26 Å². The molecule has 3 nitrogen and oxygen atoms in total. The van der Waals surface area contributed by atoms with E-state index in [1.807, 2.05) is 13.0 Å². The molecule has 18 heavy (non-hydrogen) atoms. The van der Waals surface area contributed by atoms with Crippen molar-refractivity contribution in [3.63, 3.8) is 0 Å². The normalized spacial score (nSPS) is 16.2. The maximum Gasteiger partial charge on any atom is 0.261 e. The summed E-state index contributed by atoms with van der Waals surface area (Å²) in [6.45, 7) is 2.24. The summed E-state index contributed by atoms with van der Waals surface area (Å²) in [5.41, 5.74) is 1.36. The van der Waals surface area contributed by atoms with Crippen LogP contribution in [-0.2, 0) is 12.8 Å². The van der Waals surface area contributed by atoms with Gasteiger partial charge in [0.1, 0.15) is 0 Å². The van der Waals surface area contributed by atoms with Crippen LogP contribution in [-0.4, -0.2) is 12.5 Å². The molecule has 1 aliphatic carbocycles. The van der Waals surface area contributed by atoms with E-state index in [2.05, 4.69) is 11.4 Å². The van der Waals surface area contributed by atoms with Crippen molar-refractivity contribution in [3.8, 4) is 6.07 Å². The highest BCUT2D eigenvalue weighted by molar-refractivity contribution is 7.14. The summed E-state index contributed by atoms with van der Waals surface area (Å²) in [6, 6.07) is 4.16. The van der Waals surface area contributed by atoms with E-state index >= 15 is 0 Å². The minimum absolute atomic E-state index is 0.0322. The van der Waals surface area contributed by atoms with Gasteiger partial charge in [0.2, 0.25) is 0 Å². The first kappa shape index (κ1) is 13.1. The summed E-state index contributed by atoms with van der Waals surface area (Å²) < 4.78 is 0. The van der Waals surface area contributed by atoms with Gasteiger partial charge in [-0.25, -0.2) is 0 Å². The molecule has 0 aromatic carbocycles. The van der Waals surface area contributed by atoms with Crippen molar-refractivity contribution < 1.29 is 4.79 Å². The molecule has 0 saturated heterocycles. The molecule has 1 aromatic rings. The third kappa shape index (κ3) is 3.11. The van der Waals surface area contributed by atoms with E-state index < -0.39 is 0 Å². The second-order valence-electron chi connectivity index (χ2n) is 4.86. The summed E-state index contributed by atoms with van der Waals surface area (Å²) in [7, 11) is 0.